The Labute approximate surface area is 123 Å². The van der Waals surface area contributed by atoms with E-state index in [1.54, 1.807) is 6.20 Å². The highest BCUT2D eigenvalue weighted by Gasteiger charge is 2.03. The Morgan fingerprint density at radius 1 is 1.29 bits per heavy atom. The molecule has 0 aliphatic rings. The van der Waals surface area contributed by atoms with Crippen LogP contribution in [-0.2, 0) is 13.6 Å². The van der Waals surface area contributed by atoms with Crippen molar-refractivity contribution in [3.05, 3.63) is 66.2 Å². The number of rotatable bonds is 4. The first-order valence-electron chi connectivity index (χ1n) is 6.65. The van der Waals surface area contributed by atoms with E-state index in [9.17, 15) is 0 Å². The molecule has 2 aromatic heterocycles. The molecule has 0 bridgehead atoms. The first-order chi connectivity index (χ1) is 10.3. The van der Waals surface area contributed by atoms with Gasteiger partial charge in [-0.15, -0.1) is 0 Å². The summed E-state index contributed by atoms with van der Waals surface area (Å²) in [6.45, 7) is 0.679. The van der Waals surface area contributed by atoms with Crippen molar-refractivity contribution >= 4 is 5.69 Å². The standard InChI is InChI=1S/C16H15N5/c1-20-12-13(8-16(20)10-17)11-18-14-4-2-5-15(9-14)21-7-3-6-19-21/h2-9,12,18H,11H2,1H3. The van der Waals surface area contributed by atoms with Gasteiger partial charge in [-0.3, -0.25) is 0 Å². The van der Waals surface area contributed by atoms with E-state index in [1.807, 2.05) is 65.1 Å². The summed E-state index contributed by atoms with van der Waals surface area (Å²) in [7, 11) is 1.88. The minimum Gasteiger partial charge on any atom is -0.381 e. The van der Waals surface area contributed by atoms with Crippen molar-refractivity contribution in [2.45, 2.75) is 6.54 Å². The maximum absolute atomic E-state index is 8.96. The monoisotopic (exact) mass is 277 g/mol. The smallest absolute Gasteiger partial charge is 0.120 e. The van der Waals surface area contributed by atoms with Gasteiger partial charge in [0.1, 0.15) is 11.8 Å². The largest absolute Gasteiger partial charge is 0.381 e. The van der Waals surface area contributed by atoms with Gasteiger partial charge in [0.05, 0.1) is 5.69 Å². The average Bonchev–Trinajstić information content (AvgIpc) is 3.15. The highest BCUT2D eigenvalue weighted by molar-refractivity contribution is 5.51. The molecule has 5 nitrogen and oxygen atoms in total. The normalized spacial score (nSPS) is 10.3. The SMILES string of the molecule is Cn1cc(CNc2cccc(-n3cccn3)c2)cc1C#N. The van der Waals surface area contributed by atoms with Crippen LogP contribution in [0.15, 0.2) is 55.0 Å². The molecule has 0 fully saturated rings. The first kappa shape index (κ1) is 13.0. The third-order valence-corrected chi connectivity index (χ3v) is 3.29. The fraction of sp³-hybridized carbons (Fsp3) is 0.125. The van der Waals surface area contributed by atoms with E-state index in [2.05, 4.69) is 16.5 Å². The zero-order valence-electron chi connectivity index (χ0n) is 11.7. The molecule has 104 valence electrons. The van der Waals surface area contributed by atoms with Crippen molar-refractivity contribution in [3.63, 3.8) is 0 Å². The molecule has 0 aliphatic heterocycles. The average molecular weight is 277 g/mol. The van der Waals surface area contributed by atoms with Crippen molar-refractivity contribution < 1.29 is 0 Å². The van der Waals surface area contributed by atoms with Crippen molar-refractivity contribution in [1.29, 1.82) is 5.26 Å². The van der Waals surface area contributed by atoms with E-state index in [4.69, 9.17) is 5.26 Å². The van der Waals surface area contributed by atoms with Gasteiger partial charge < -0.3 is 9.88 Å². The number of anilines is 1. The van der Waals surface area contributed by atoms with Gasteiger partial charge >= 0.3 is 0 Å². The molecule has 0 spiro atoms. The number of nitrogens with one attached hydrogen (secondary N) is 1. The van der Waals surface area contributed by atoms with Crippen LogP contribution in [0.3, 0.4) is 0 Å². The zero-order valence-corrected chi connectivity index (χ0v) is 11.7. The van der Waals surface area contributed by atoms with Crippen LogP contribution in [0.25, 0.3) is 5.69 Å². The van der Waals surface area contributed by atoms with Gasteiger partial charge in [0.2, 0.25) is 0 Å². The van der Waals surface area contributed by atoms with E-state index < -0.39 is 0 Å². The molecule has 21 heavy (non-hydrogen) atoms. The summed E-state index contributed by atoms with van der Waals surface area (Å²) in [5, 5.41) is 16.5. The molecule has 0 radical (unpaired) electrons. The fourth-order valence-electron chi connectivity index (χ4n) is 2.22. The summed E-state index contributed by atoms with van der Waals surface area (Å²) in [5.41, 5.74) is 3.77. The Bertz CT molecular complexity index is 777. The highest BCUT2D eigenvalue weighted by atomic mass is 15.3. The van der Waals surface area contributed by atoms with Gasteiger partial charge in [-0.2, -0.15) is 10.4 Å². The Hall–Kier alpha value is -3.00. The molecule has 0 unspecified atom stereocenters. The molecule has 0 atom stereocenters. The fourth-order valence-corrected chi connectivity index (χ4v) is 2.22. The predicted octanol–water partition coefficient (Wildman–Crippen LogP) is 2.69. The molecule has 3 rings (SSSR count). The molecular formula is C16H15N5. The van der Waals surface area contributed by atoms with Crippen molar-refractivity contribution in [1.82, 2.24) is 14.3 Å². The van der Waals surface area contributed by atoms with Crippen LogP contribution in [0.4, 0.5) is 5.69 Å². The second-order valence-corrected chi connectivity index (χ2v) is 4.81. The van der Waals surface area contributed by atoms with E-state index >= 15 is 0 Å². The van der Waals surface area contributed by atoms with Crippen molar-refractivity contribution in [3.8, 4) is 11.8 Å². The Kier molecular flexibility index (Phi) is 3.44. The molecule has 0 amide bonds. The van der Waals surface area contributed by atoms with E-state index in [-0.39, 0.29) is 0 Å². The number of aromatic nitrogens is 3. The lowest BCUT2D eigenvalue weighted by Crippen LogP contribution is -2.00. The van der Waals surface area contributed by atoms with E-state index in [0.717, 1.165) is 16.9 Å². The van der Waals surface area contributed by atoms with E-state index in [0.29, 0.717) is 12.2 Å². The van der Waals surface area contributed by atoms with Crippen LogP contribution in [0.1, 0.15) is 11.3 Å². The predicted molar refractivity (Wildman–Crippen MR) is 81.0 cm³/mol. The van der Waals surface area contributed by atoms with Crippen molar-refractivity contribution in [2.24, 2.45) is 7.05 Å². The quantitative estimate of drug-likeness (QED) is 0.797. The molecule has 0 saturated heterocycles. The van der Waals surface area contributed by atoms with E-state index in [1.165, 1.54) is 0 Å². The molecule has 0 aliphatic carbocycles. The minimum absolute atomic E-state index is 0.664. The lowest BCUT2D eigenvalue weighted by molar-refractivity contribution is 0.880. The summed E-state index contributed by atoms with van der Waals surface area (Å²) in [6, 6.07) is 14.0. The lowest BCUT2D eigenvalue weighted by Gasteiger charge is -2.07. The summed E-state index contributed by atoms with van der Waals surface area (Å²) >= 11 is 0. The highest BCUT2D eigenvalue weighted by Crippen LogP contribution is 2.15. The number of aryl methyl sites for hydroxylation is 1. The molecule has 0 saturated carbocycles. The number of nitriles is 1. The molecule has 1 aromatic carbocycles. The Morgan fingerprint density at radius 2 is 2.19 bits per heavy atom. The van der Waals surface area contributed by atoms with Gasteiger partial charge in [-0.05, 0) is 35.9 Å². The maximum atomic E-state index is 8.96. The molecule has 3 aromatic rings. The molecular weight excluding hydrogens is 262 g/mol. The number of hydrogen-bond acceptors (Lipinski definition) is 3. The van der Waals surface area contributed by atoms with Gasteiger partial charge in [0.15, 0.2) is 0 Å². The summed E-state index contributed by atoms with van der Waals surface area (Å²) in [5.74, 6) is 0. The van der Waals surface area contributed by atoms with Crippen LogP contribution in [0.2, 0.25) is 0 Å². The zero-order chi connectivity index (χ0) is 14.7. The number of benzene rings is 1. The third-order valence-electron chi connectivity index (χ3n) is 3.29. The topological polar surface area (TPSA) is 58.6 Å². The number of hydrogen-bond donors (Lipinski definition) is 1. The first-order valence-corrected chi connectivity index (χ1v) is 6.65. The summed E-state index contributed by atoms with van der Waals surface area (Å²) < 4.78 is 3.65. The van der Waals surface area contributed by atoms with Gasteiger partial charge in [-0.25, -0.2) is 4.68 Å². The lowest BCUT2D eigenvalue weighted by atomic mass is 10.2. The van der Waals surface area contributed by atoms with Crippen molar-refractivity contribution in [2.75, 3.05) is 5.32 Å². The van der Waals surface area contributed by atoms with Gasteiger partial charge in [0, 0.05) is 37.9 Å². The molecule has 5 heteroatoms. The van der Waals surface area contributed by atoms with Gasteiger partial charge in [-0.1, -0.05) is 6.07 Å². The Balaban J connectivity index is 1.73. The second kappa shape index (κ2) is 5.55. The maximum Gasteiger partial charge on any atom is 0.120 e. The van der Waals surface area contributed by atoms with Crippen LogP contribution in [0, 0.1) is 11.3 Å². The third kappa shape index (κ3) is 2.79. The van der Waals surface area contributed by atoms with Crippen LogP contribution < -0.4 is 5.32 Å². The summed E-state index contributed by atoms with van der Waals surface area (Å²) in [6.07, 6.45) is 5.63. The second-order valence-electron chi connectivity index (χ2n) is 4.81. The van der Waals surface area contributed by atoms with Crippen LogP contribution >= 0.6 is 0 Å². The van der Waals surface area contributed by atoms with Crippen LogP contribution in [0.5, 0.6) is 0 Å². The molecule has 1 N–H and O–H groups in total. The summed E-state index contributed by atoms with van der Waals surface area (Å²) in [4.78, 5) is 0. The Morgan fingerprint density at radius 3 is 2.90 bits per heavy atom. The van der Waals surface area contributed by atoms with Gasteiger partial charge in [0.25, 0.3) is 0 Å². The minimum atomic E-state index is 0.664. The number of nitrogens with zero attached hydrogens (tertiary/aromatic N) is 4. The van der Waals surface area contributed by atoms with Crippen LogP contribution in [-0.4, -0.2) is 14.3 Å². The molecule has 2 heterocycles.